The maximum atomic E-state index is 6.07. The number of rotatable bonds is 4. The molecule has 0 amide bonds. The molecule has 2 rings (SSSR count). The van der Waals surface area contributed by atoms with Gasteiger partial charge in [-0.3, -0.25) is 0 Å². The molecule has 2 aromatic rings. The SMILES string of the molecule is CNc1ncc(Cl)c(NC(C)c2ccccc2)n1. The Labute approximate surface area is 111 Å². The molecule has 0 aliphatic rings. The summed E-state index contributed by atoms with van der Waals surface area (Å²) in [5, 5.41) is 6.68. The molecule has 0 saturated heterocycles. The van der Waals surface area contributed by atoms with Crippen LogP contribution in [0.15, 0.2) is 36.5 Å². The normalized spacial score (nSPS) is 11.9. The Morgan fingerprint density at radius 2 is 1.94 bits per heavy atom. The fourth-order valence-corrected chi connectivity index (χ4v) is 1.76. The number of anilines is 2. The summed E-state index contributed by atoms with van der Waals surface area (Å²) >= 11 is 6.07. The first-order chi connectivity index (χ1) is 8.70. The minimum atomic E-state index is 0.128. The van der Waals surface area contributed by atoms with Gasteiger partial charge in [-0.15, -0.1) is 0 Å². The summed E-state index contributed by atoms with van der Waals surface area (Å²) in [6.07, 6.45) is 1.58. The van der Waals surface area contributed by atoms with Crippen LogP contribution in [0.4, 0.5) is 11.8 Å². The summed E-state index contributed by atoms with van der Waals surface area (Å²) in [7, 11) is 1.77. The molecule has 2 N–H and O–H groups in total. The molecule has 1 aromatic heterocycles. The highest BCUT2D eigenvalue weighted by Gasteiger charge is 2.09. The summed E-state index contributed by atoms with van der Waals surface area (Å²) < 4.78 is 0. The average molecular weight is 263 g/mol. The second-order valence-corrected chi connectivity index (χ2v) is 4.32. The lowest BCUT2D eigenvalue weighted by molar-refractivity contribution is 0.872. The Morgan fingerprint density at radius 3 is 2.61 bits per heavy atom. The van der Waals surface area contributed by atoms with Gasteiger partial charge in [0.1, 0.15) is 5.02 Å². The molecule has 0 spiro atoms. The third-order valence-electron chi connectivity index (χ3n) is 2.62. The minimum absolute atomic E-state index is 0.128. The summed E-state index contributed by atoms with van der Waals surface area (Å²) in [4.78, 5) is 8.33. The van der Waals surface area contributed by atoms with Crippen LogP contribution in [0.5, 0.6) is 0 Å². The van der Waals surface area contributed by atoms with Gasteiger partial charge in [0, 0.05) is 13.1 Å². The first-order valence-corrected chi connectivity index (χ1v) is 6.10. The molecule has 0 aliphatic heterocycles. The van der Waals surface area contributed by atoms with Gasteiger partial charge in [-0.25, -0.2) is 4.98 Å². The number of nitrogens with one attached hydrogen (secondary N) is 2. The van der Waals surface area contributed by atoms with Crippen LogP contribution in [0.1, 0.15) is 18.5 Å². The zero-order valence-corrected chi connectivity index (χ0v) is 11.1. The third kappa shape index (κ3) is 2.90. The monoisotopic (exact) mass is 262 g/mol. The van der Waals surface area contributed by atoms with Gasteiger partial charge in [0.2, 0.25) is 5.95 Å². The van der Waals surface area contributed by atoms with Crippen LogP contribution in [0.25, 0.3) is 0 Å². The standard InChI is InChI=1S/C13H15ClN4/c1-9(10-6-4-3-5-7-10)17-12-11(14)8-16-13(15-2)18-12/h3-9H,1-2H3,(H2,15,16,17,18). The first kappa shape index (κ1) is 12.6. The van der Waals surface area contributed by atoms with Crippen molar-refractivity contribution in [2.45, 2.75) is 13.0 Å². The van der Waals surface area contributed by atoms with Crippen molar-refractivity contribution in [3.8, 4) is 0 Å². The minimum Gasteiger partial charge on any atom is -0.362 e. The zero-order valence-electron chi connectivity index (χ0n) is 10.3. The van der Waals surface area contributed by atoms with E-state index in [-0.39, 0.29) is 6.04 Å². The molecule has 1 aromatic carbocycles. The van der Waals surface area contributed by atoms with E-state index in [0.29, 0.717) is 16.8 Å². The second kappa shape index (κ2) is 5.69. The van der Waals surface area contributed by atoms with E-state index in [0.717, 1.165) is 0 Å². The van der Waals surface area contributed by atoms with Crippen LogP contribution in [-0.2, 0) is 0 Å². The van der Waals surface area contributed by atoms with Gasteiger partial charge in [0.15, 0.2) is 5.82 Å². The van der Waals surface area contributed by atoms with E-state index in [2.05, 4.69) is 39.7 Å². The van der Waals surface area contributed by atoms with E-state index >= 15 is 0 Å². The van der Waals surface area contributed by atoms with Crippen molar-refractivity contribution in [2.24, 2.45) is 0 Å². The molecule has 94 valence electrons. The van der Waals surface area contributed by atoms with Gasteiger partial charge in [0.25, 0.3) is 0 Å². The smallest absolute Gasteiger partial charge is 0.224 e. The summed E-state index contributed by atoms with van der Waals surface area (Å²) in [6, 6.07) is 10.3. The average Bonchev–Trinajstić information content (AvgIpc) is 2.42. The maximum Gasteiger partial charge on any atom is 0.224 e. The number of hydrogen-bond acceptors (Lipinski definition) is 4. The topological polar surface area (TPSA) is 49.8 Å². The molecule has 0 saturated carbocycles. The predicted octanol–water partition coefficient (Wildman–Crippen LogP) is 3.34. The molecule has 0 bridgehead atoms. The van der Waals surface area contributed by atoms with Crippen molar-refractivity contribution in [2.75, 3.05) is 17.7 Å². The molecule has 1 atom stereocenters. The molecule has 0 aliphatic carbocycles. The van der Waals surface area contributed by atoms with Crippen LogP contribution in [0.2, 0.25) is 5.02 Å². The fourth-order valence-electron chi connectivity index (χ4n) is 1.62. The van der Waals surface area contributed by atoms with E-state index in [4.69, 9.17) is 11.6 Å². The van der Waals surface area contributed by atoms with Crippen molar-refractivity contribution in [3.05, 3.63) is 47.1 Å². The molecular formula is C13H15ClN4. The first-order valence-electron chi connectivity index (χ1n) is 5.72. The van der Waals surface area contributed by atoms with Crippen molar-refractivity contribution in [1.29, 1.82) is 0 Å². The van der Waals surface area contributed by atoms with Crippen molar-refractivity contribution in [3.63, 3.8) is 0 Å². The largest absolute Gasteiger partial charge is 0.362 e. The Bertz CT molecular complexity index is 516. The van der Waals surface area contributed by atoms with Crippen LogP contribution in [0, 0.1) is 0 Å². The van der Waals surface area contributed by atoms with Crippen LogP contribution < -0.4 is 10.6 Å². The van der Waals surface area contributed by atoms with Crippen LogP contribution in [-0.4, -0.2) is 17.0 Å². The van der Waals surface area contributed by atoms with Crippen molar-refractivity contribution < 1.29 is 0 Å². The third-order valence-corrected chi connectivity index (χ3v) is 2.90. The Balaban J connectivity index is 2.18. The lowest BCUT2D eigenvalue weighted by atomic mass is 10.1. The quantitative estimate of drug-likeness (QED) is 0.887. The van der Waals surface area contributed by atoms with E-state index in [9.17, 15) is 0 Å². The Morgan fingerprint density at radius 1 is 1.22 bits per heavy atom. The van der Waals surface area contributed by atoms with Gasteiger partial charge >= 0.3 is 0 Å². The predicted molar refractivity (Wildman–Crippen MR) is 75.1 cm³/mol. The van der Waals surface area contributed by atoms with E-state index in [1.807, 2.05) is 18.2 Å². The highest BCUT2D eigenvalue weighted by molar-refractivity contribution is 6.32. The fraction of sp³-hybridized carbons (Fsp3) is 0.231. The molecular weight excluding hydrogens is 248 g/mol. The van der Waals surface area contributed by atoms with Gasteiger partial charge in [-0.1, -0.05) is 41.9 Å². The summed E-state index contributed by atoms with van der Waals surface area (Å²) in [6.45, 7) is 2.06. The van der Waals surface area contributed by atoms with Gasteiger partial charge in [-0.05, 0) is 12.5 Å². The molecule has 0 radical (unpaired) electrons. The molecule has 1 heterocycles. The zero-order chi connectivity index (χ0) is 13.0. The van der Waals surface area contributed by atoms with E-state index in [1.165, 1.54) is 5.56 Å². The van der Waals surface area contributed by atoms with E-state index < -0.39 is 0 Å². The lowest BCUT2D eigenvalue weighted by Crippen LogP contribution is -2.09. The van der Waals surface area contributed by atoms with Gasteiger partial charge in [0.05, 0.1) is 6.20 Å². The number of halogens is 1. The summed E-state index contributed by atoms with van der Waals surface area (Å²) in [5.41, 5.74) is 1.18. The molecule has 5 heteroatoms. The number of aromatic nitrogens is 2. The molecule has 18 heavy (non-hydrogen) atoms. The lowest BCUT2D eigenvalue weighted by Gasteiger charge is -2.16. The number of hydrogen-bond donors (Lipinski definition) is 2. The summed E-state index contributed by atoms with van der Waals surface area (Å²) in [5.74, 6) is 1.18. The molecule has 0 fully saturated rings. The molecule has 1 unspecified atom stereocenters. The van der Waals surface area contributed by atoms with Gasteiger partial charge in [-0.2, -0.15) is 4.98 Å². The second-order valence-electron chi connectivity index (χ2n) is 3.92. The van der Waals surface area contributed by atoms with Crippen molar-refractivity contribution >= 4 is 23.4 Å². The van der Waals surface area contributed by atoms with Crippen LogP contribution in [0.3, 0.4) is 0 Å². The Kier molecular flexibility index (Phi) is 3.99. The Hall–Kier alpha value is -1.81. The van der Waals surface area contributed by atoms with Gasteiger partial charge < -0.3 is 10.6 Å². The number of benzene rings is 1. The van der Waals surface area contributed by atoms with Crippen molar-refractivity contribution in [1.82, 2.24) is 9.97 Å². The highest BCUT2D eigenvalue weighted by Crippen LogP contribution is 2.24. The number of nitrogens with zero attached hydrogens (tertiary/aromatic N) is 2. The van der Waals surface area contributed by atoms with E-state index in [1.54, 1.807) is 13.2 Å². The molecule has 4 nitrogen and oxygen atoms in total. The highest BCUT2D eigenvalue weighted by atomic mass is 35.5. The van der Waals surface area contributed by atoms with Crippen LogP contribution >= 0.6 is 11.6 Å². The maximum absolute atomic E-state index is 6.07.